The molecule has 1 aromatic carbocycles. The summed E-state index contributed by atoms with van der Waals surface area (Å²) in [5.41, 5.74) is 0.447. The van der Waals surface area contributed by atoms with E-state index in [1.165, 1.54) is 19.2 Å². The summed E-state index contributed by atoms with van der Waals surface area (Å²) in [6.07, 6.45) is 1.68. The molecular formula is C16H22N2O5. The quantitative estimate of drug-likeness (QED) is 0.428. The van der Waals surface area contributed by atoms with Gasteiger partial charge in [-0.1, -0.05) is 25.5 Å². The molecule has 2 amide bonds. The third-order valence-electron chi connectivity index (χ3n) is 2.92. The average molecular weight is 322 g/mol. The molecule has 0 unspecified atom stereocenters. The number of anilines is 1. The number of hydrogen-bond donors (Lipinski definition) is 2. The van der Waals surface area contributed by atoms with Gasteiger partial charge in [-0.15, -0.1) is 0 Å². The second-order valence-electron chi connectivity index (χ2n) is 4.74. The summed E-state index contributed by atoms with van der Waals surface area (Å²) in [6, 6.07) is 6.38. The number of methoxy groups -OCH3 is 1. The topological polar surface area (TPSA) is 93.7 Å². The van der Waals surface area contributed by atoms with E-state index in [9.17, 15) is 14.4 Å². The zero-order valence-electron chi connectivity index (χ0n) is 13.4. The Labute approximate surface area is 135 Å². The van der Waals surface area contributed by atoms with Crippen molar-refractivity contribution in [3.8, 4) is 0 Å². The van der Waals surface area contributed by atoms with Crippen LogP contribution in [0.2, 0.25) is 0 Å². The Bertz CT molecular complexity index is 545. The van der Waals surface area contributed by atoms with E-state index in [0.717, 1.165) is 12.8 Å². The third-order valence-corrected chi connectivity index (χ3v) is 2.92. The fraction of sp³-hybridized carbons (Fsp3) is 0.438. The number of benzene rings is 1. The molecule has 0 heterocycles. The van der Waals surface area contributed by atoms with E-state index >= 15 is 0 Å². The van der Waals surface area contributed by atoms with E-state index in [-0.39, 0.29) is 17.8 Å². The van der Waals surface area contributed by atoms with Gasteiger partial charge in [-0.25, -0.2) is 4.79 Å². The lowest BCUT2D eigenvalue weighted by Gasteiger charge is -2.10. The van der Waals surface area contributed by atoms with Gasteiger partial charge in [0.05, 0.1) is 24.5 Å². The largest absolute Gasteiger partial charge is 0.462 e. The Morgan fingerprint density at radius 1 is 1.09 bits per heavy atom. The van der Waals surface area contributed by atoms with Gasteiger partial charge < -0.3 is 20.1 Å². The molecule has 126 valence electrons. The lowest BCUT2D eigenvalue weighted by molar-refractivity contribution is -0.136. The fourth-order valence-corrected chi connectivity index (χ4v) is 1.68. The van der Waals surface area contributed by atoms with Gasteiger partial charge in [0.15, 0.2) is 0 Å². The van der Waals surface area contributed by atoms with Crippen molar-refractivity contribution in [1.82, 2.24) is 5.32 Å². The van der Waals surface area contributed by atoms with Crippen molar-refractivity contribution >= 4 is 23.5 Å². The van der Waals surface area contributed by atoms with Crippen LogP contribution in [0.25, 0.3) is 0 Å². The number of para-hydroxylation sites is 1. The highest BCUT2D eigenvalue weighted by atomic mass is 16.5. The molecule has 0 spiro atoms. The first-order valence-electron chi connectivity index (χ1n) is 7.44. The first-order chi connectivity index (χ1) is 11.1. The summed E-state index contributed by atoms with van der Waals surface area (Å²) in [5, 5.41) is 4.82. The van der Waals surface area contributed by atoms with E-state index in [2.05, 4.69) is 10.6 Å². The van der Waals surface area contributed by atoms with E-state index < -0.39 is 17.8 Å². The predicted molar refractivity (Wildman–Crippen MR) is 85.1 cm³/mol. The van der Waals surface area contributed by atoms with Crippen LogP contribution in [0.3, 0.4) is 0 Å². The van der Waals surface area contributed by atoms with Crippen LogP contribution >= 0.6 is 0 Å². The van der Waals surface area contributed by atoms with Crippen LogP contribution in [-0.4, -0.2) is 44.7 Å². The number of unbranched alkanes of at least 4 members (excludes halogenated alkanes) is 1. The highest BCUT2D eigenvalue weighted by Crippen LogP contribution is 2.16. The SMILES string of the molecule is CCCCOC(=O)c1ccccc1NC(=O)C(=O)NCCOC. The maximum atomic E-state index is 12.0. The molecule has 1 rings (SSSR count). The molecule has 0 fully saturated rings. The minimum absolute atomic E-state index is 0.210. The number of ether oxygens (including phenoxy) is 2. The summed E-state index contributed by atoms with van der Waals surface area (Å²) >= 11 is 0. The summed E-state index contributed by atoms with van der Waals surface area (Å²) in [5.74, 6) is -2.18. The standard InChI is InChI=1S/C16H22N2O5/c1-3-4-10-23-16(21)12-7-5-6-8-13(12)18-15(20)14(19)17-9-11-22-2/h5-8H,3-4,9-11H2,1-2H3,(H,17,19)(H,18,20). The Morgan fingerprint density at radius 2 is 1.83 bits per heavy atom. The van der Waals surface area contributed by atoms with Crippen molar-refractivity contribution in [1.29, 1.82) is 0 Å². The van der Waals surface area contributed by atoms with Gasteiger partial charge in [0.1, 0.15) is 0 Å². The molecule has 0 atom stereocenters. The average Bonchev–Trinajstić information content (AvgIpc) is 2.55. The molecule has 7 nitrogen and oxygen atoms in total. The molecule has 0 aromatic heterocycles. The number of rotatable bonds is 8. The molecule has 0 radical (unpaired) electrons. The van der Waals surface area contributed by atoms with Crippen molar-refractivity contribution in [2.45, 2.75) is 19.8 Å². The van der Waals surface area contributed by atoms with Crippen molar-refractivity contribution < 1.29 is 23.9 Å². The Kier molecular flexibility index (Phi) is 8.38. The molecule has 0 saturated carbocycles. The minimum atomic E-state index is -0.852. The maximum Gasteiger partial charge on any atom is 0.340 e. The molecule has 23 heavy (non-hydrogen) atoms. The predicted octanol–water partition coefficient (Wildman–Crippen LogP) is 1.34. The second-order valence-corrected chi connectivity index (χ2v) is 4.74. The summed E-state index contributed by atoms with van der Waals surface area (Å²) in [4.78, 5) is 35.5. The van der Waals surface area contributed by atoms with Crippen LogP contribution in [0.1, 0.15) is 30.1 Å². The molecule has 0 aliphatic carbocycles. The molecule has 0 aliphatic heterocycles. The Hall–Kier alpha value is -2.41. The molecule has 7 heteroatoms. The normalized spacial score (nSPS) is 10.0. The zero-order chi connectivity index (χ0) is 17.1. The lowest BCUT2D eigenvalue weighted by Crippen LogP contribution is -2.37. The number of carbonyl (C=O) groups excluding carboxylic acids is 3. The molecule has 0 aliphatic rings. The van der Waals surface area contributed by atoms with Crippen LogP contribution in [0.4, 0.5) is 5.69 Å². The number of carbonyl (C=O) groups is 3. The maximum absolute atomic E-state index is 12.0. The fourth-order valence-electron chi connectivity index (χ4n) is 1.68. The first-order valence-corrected chi connectivity index (χ1v) is 7.44. The first kappa shape index (κ1) is 18.6. The Morgan fingerprint density at radius 3 is 2.52 bits per heavy atom. The van der Waals surface area contributed by atoms with Crippen molar-refractivity contribution in [3.63, 3.8) is 0 Å². The number of amides is 2. The second kappa shape index (κ2) is 10.3. The van der Waals surface area contributed by atoms with Crippen LogP contribution in [0.15, 0.2) is 24.3 Å². The molecular weight excluding hydrogens is 300 g/mol. The summed E-state index contributed by atoms with van der Waals surface area (Å²) in [7, 11) is 1.49. The van der Waals surface area contributed by atoms with Gasteiger partial charge in [0, 0.05) is 13.7 Å². The number of esters is 1. The molecule has 0 saturated heterocycles. The molecule has 2 N–H and O–H groups in total. The summed E-state index contributed by atoms with van der Waals surface area (Å²) in [6.45, 7) is 2.84. The van der Waals surface area contributed by atoms with Crippen LogP contribution in [0, 0.1) is 0 Å². The monoisotopic (exact) mass is 322 g/mol. The van der Waals surface area contributed by atoms with Gasteiger partial charge in [-0.3, -0.25) is 9.59 Å². The van der Waals surface area contributed by atoms with Gasteiger partial charge >= 0.3 is 17.8 Å². The highest BCUT2D eigenvalue weighted by Gasteiger charge is 2.18. The molecule has 1 aromatic rings. The van der Waals surface area contributed by atoms with Crippen molar-refractivity contribution in [2.24, 2.45) is 0 Å². The Balaban J connectivity index is 2.67. The van der Waals surface area contributed by atoms with Crippen LogP contribution < -0.4 is 10.6 Å². The lowest BCUT2D eigenvalue weighted by atomic mass is 10.2. The zero-order valence-corrected chi connectivity index (χ0v) is 13.4. The van der Waals surface area contributed by atoms with Gasteiger partial charge in [0.2, 0.25) is 0 Å². The van der Waals surface area contributed by atoms with E-state index in [4.69, 9.17) is 9.47 Å². The third kappa shape index (κ3) is 6.48. The van der Waals surface area contributed by atoms with Crippen molar-refractivity contribution in [3.05, 3.63) is 29.8 Å². The van der Waals surface area contributed by atoms with Crippen molar-refractivity contribution in [2.75, 3.05) is 32.2 Å². The van der Waals surface area contributed by atoms with E-state index in [1.807, 2.05) is 6.92 Å². The summed E-state index contributed by atoms with van der Waals surface area (Å²) < 4.78 is 9.90. The van der Waals surface area contributed by atoms with Gasteiger partial charge in [-0.05, 0) is 18.6 Å². The smallest absolute Gasteiger partial charge is 0.340 e. The minimum Gasteiger partial charge on any atom is -0.462 e. The molecule has 0 bridgehead atoms. The number of nitrogens with one attached hydrogen (secondary N) is 2. The van der Waals surface area contributed by atoms with Gasteiger partial charge in [0.25, 0.3) is 0 Å². The van der Waals surface area contributed by atoms with Crippen LogP contribution in [-0.2, 0) is 19.1 Å². The van der Waals surface area contributed by atoms with Gasteiger partial charge in [-0.2, -0.15) is 0 Å². The number of hydrogen-bond acceptors (Lipinski definition) is 5. The highest BCUT2D eigenvalue weighted by molar-refractivity contribution is 6.40. The van der Waals surface area contributed by atoms with E-state index in [1.54, 1.807) is 12.1 Å². The van der Waals surface area contributed by atoms with E-state index in [0.29, 0.717) is 13.2 Å². The van der Waals surface area contributed by atoms with Crippen LogP contribution in [0.5, 0.6) is 0 Å².